The lowest BCUT2D eigenvalue weighted by Crippen LogP contribution is -2.43. The zero-order valence-corrected chi connectivity index (χ0v) is 47.1. The van der Waals surface area contributed by atoms with Gasteiger partial charge in [0.05, 0.1) is 67.7 Å². The predicted octanol–water partition coefficient (Wildman–Crippen LogP) is 15.5. The van der Waals surface area contributed by atoms with E-state index in [0.717, 1.165) is 59.6 Å². The average molecular weight is 979 g/mol. The van der Waals surface area contributed by atoms with Crippen LogP contribution in [0.3, 0.4) is 0 Å². The fourth-order valence-electron chi connectivity index (χ4n) is 11.1. The highest BCUT2D eigenvalue weighted by molar-refractivity contribution is 5.69. The molecule has 0 spiro atoms. The summed E-state index contributed by atoms with van der Waals surface area (Å²) < 4.78 is 24.8. The zero-order chi connectivity index (χ0) is 49.9. The van der Waals surface area contributed by atoms with Gasteiger partial charge in [-0.25, -0.2) is 4.79 Å². The molecule has 408 valence electrons. The van der Waals surface area contributed by atoms with Crippen LogP contribution < -0.4 is 5.32 Å². The molecule has 2 rings (SSSR count). The normalized spacial score (nSPS) is 18.9. The van der Waals surface area contributed by atoms with Crippen molar-refractivity contribution in [2.24, 2.45) is 17.8 Å². The molecular formula is C60H119N3O6+2. The molecule has 0 radical (unpaired) electrons. The average Bonchev–Trinajstić information content (AvgIpc) is 3.32. The summed E-state index contributed by atoms with van der Waals surface area (Å²) in [6.07, 6.45) is 49.8. The monoisotopic (exact) mass is 978 g/mol. The standard InChI is InChI=1S/C60H118N3O6/c1-7-9-11-13-15-17-19-21-23-25-27-29-31-33-43-62(3,4)45-47-66-49-51-68-59(64)54-57-37-35-55(36-38-57)53-56-39-41-58(42-40-56)61-60(65)69-52-50-67-48-46-63(5,6)44-34-32-30-28-26-24-22-20-18-16-14-12-10-8-2/h55-58H,7-54H2,1-6H3/q+1/p+1. The molecule has 0 aromatic rings. The first-order valence-corrected chi connectivity index (χ1v) is 30.4. The second-order valence-electron chi connectivity index (χ2n) is 23.7. The van der Waals surface area contributed by atoms with E-state index in [1.54, 1.807) is 0 Å². The van der Waals surface area contributed by atoms with Gasteiger partial charge in [-0.1, -0.05) is 181 Å². The van der Waals surface area contributed by atoms with Crippen molar-refractivity contribution < 1.29 is 37.5 Å². The Hall–Kier alpha value is -1.42. The fraction of sp³-hybridized carbons (Fsp3) is 0.967. The van der Waals surface area contributed by atoms with Crippen molar-refractivity contribution in [1.82, 2.24) is 5.32 Å². The number of unbranched alkanes of at least 4 members (excludes halogenated alkanes) is 26. The Kier molecular flexibility index (Phi) is 39.7. The number of hydrogen-bond donors (Lipinski definition) is 1. The summed E-state index contributed by atoms with van der Waals surface area (Å²) in [6, 6.07) is 0.212. The van der Waals surface area contributed by atoms with E-state index in [-0.39, 0.29) is 18.1 Å². The number of esters is 1. The van der Waals surface area contributed by atoms with Gasteiger partial charge in [0.15, 0.2) is 0 Å². The van der Waals surface area contributed by atoms with E-state index >= 15 is 0 Å². The van der Waals surface area contributed by atoms with Crippen molar-refractivity contribution in [3.63, 3.8) is 0 Å². The first kappa shape index (κ1) is 63.7. The van der Waals surface area contributed by atoms with Gasteiger partial charge >= 0.3 is 12.1 Å². The van der Waals surface area contributed by atoms with Crippen LogP contribution in [-0.2, 0) is 23.7 Å². The van der Waals surface area contributed by atoms with Crippen molar-refractivity contribution in [2.75, 3.05) is 94.0 Å². The Bertz CT molecular complexity index is 1080. The maximum atomic E-state index is 12.6. The van der Waals surface area contributed by atoms with Crippen LogP contribution in [-0.4, -0.2) is 121 Å². The minimum atomic E-state index is -0.301. The molecule has 0 aliphatic heterocycles. The Morgan fingerprint density at radius 1 is 0.391 bits per heavy atom. The highest BCUT2D eigenvalue weighted by Gasteiger charge is 2.29. The lowest BCUT2D eigenvalue weighted by Gasteiger charge is -2.34. The zero-order valence-electron chi connectivity index (χ0n) is 47.1. The van der Waals surface area contributed by atoms with Crippen molar-refractivity contribution in [2.45, 2.75) is 264 Å². The van der Waals surface area contributed by atoms with Gasteiger partial charge in [-0.05, 0) is 88.4 Å². The van der Waals surface area contributed by atoms with Crippen molar-refractivity contribution in [3.05, 3.63) is 0 Å². The molecule has 0 bridgehead atoms. The molecule has 9 heteroatoms. The van der Waals surface area contributed by atoms with Crippen molar-refractivity contribution in [3.8, 4) is 0 Å². The third kappa shape index (κ3) is 38.8. The Labute approximate surface area is 429 Å². The fourth-order valence-corrected chi connectivity index (χ4v) is 11.1. The number of amides is 1. The van der Waals surface area contributed by atoms with Gasteiger partial charge in [0.25, 0.3) is 0 Å². The number of likely N-dealkylation sites (N-methyl/N-ethyl adjacent to an activating group) is 2. The van der Waals surface area contributed by atoms with Gasteiger partial charge in [0, 0.05) is 12.5 Å². The number of hydrogen-bond acceptors (Lipinski definition) is 6. The van der Waals surface area contributed by atoms with E-state index in [1.807, 2.05) is 0 Å². The Balaban J connectivity index is 1.36. The maximum absolute atomic E-state index is 12.6. The molecule has 0 aromatic carbocycles. The molecule has 2 fully saturated rings. The van der Waals surface area contributed by atoms with E-state index in [9.17, 15) is 9.59 Å². The minimum absolute atomic E-state index is 0.0584. The maximum Gasteiger partial charge on any atom is 0.407 e. The van der Waals surface area contributed by atoms with Crippen LogP contribution in [0.5, 0.6) is 0 Å². The minimum Gasteiger partial charge on any atom is -0.463 e. The highest BCUT2D eigenvalue weighted by atomic mass is 16.6. The van der Waals surface area contributed by atoms with E-state index in [0.29, 0.717) is 52.0 Å². The molecule has 0 saturated heterocycles. The number of nitrogens with zero attached hydrogens (tertiary/aromatic N) is 2. The van der Waals surface area contributed by atoms with Crippen LogP contribution in [0, 0.1) is 17.8 Å². The van der Waals surface area contributed by atoms with E-state index < -0.39 is 0 Å². The van der Waals surface area contributed by atoms with Gasteiger partial charge in [-0.2, -0.15) is 0 Å². The number of quaternary nitrogens is 2. The third-order valence-corrected chi connectivity index (χ3v) is 16.1. The molecule has 0 aromatic heterocycles. The van der Waals surface area contributed by atoms with Crippen LogP contribution in [0.1, 0.15) is 258 Å². The number of alkyl carbamates (subject to hydrolysis) is 1. The molecule has 1 amide bonds. The summed E-state index contributed by atoms with van der Waals surface area (Å²) in [7, 11) is 9.22. The molecule has 69 heavy (non-hydrogen) atoms. The number of ether oxygens (including phenoxy) is 4. The van der Waals surface area contributed by atoms with E-state index in [2.05, 4.69) is 47.4 Å². The quantitative estimate of drug-likeness (QED) is 0.0372. The summed E-state index contributed by atoms with van der Waals surface area (Å²) in [5, 5.41) is 3.12. The Morgan fingerprint density at radius 3 is 1.12 bits per heavy atom. The second-order valence-corrected chi connectivity index (χ2v) is 23.7. The van der Waals surface area contributed by atoms with Crippen LogP contribution in [0.2, 0.25) is 0 Å². The first-order valence-electron chi connectivity index (χ1n) is 30.4. The number of carbonyl (C=O) groups excluding carboxylic acids is 2. The van der Waals surface area contributed by atoms with Crippen LogP contribution >= 0.6 is 0 Å². The van der Waals surface area contributed by atoms with Gasteiger partial charge in [-0.3, -0.25) is 4.79 Å². The molecule has 0 atom stereocenters. The highest BCUT2D eigenvalue weighted by Crippen LogP contribution is 2.38. The first-order chi connectivity index (χ1) is 33.5. The molecule has 0 unspecified atom stereocenters. The molecule has 2 aliphatic rings. The smallest absolute Gasteiger partial charge is 0.407 e. The molecule has 0 heterocycles. The predicted molar refractivity (Wildman–Crippen MR) is 292 cm³/mol. The van der Waals surface area contributed by atoms with E-state index in [1.165, 1.54) is 225 Å². The SMILES string of the molecule is CCCCCCCCCCCCCCCC[N+](C)(C)CCOCCOC(=O)CC1CCC(CC2CCC(NC(=O)OCCOCC[N+](C)(C)CCCCCCCCCCCCCCCC)CC2)CC1. The summed E-state index contributed by atoms with van der Waals surface area (Å²) >= 11 is 0. The van der Waals surface area contributed by atoms with Crippen molar-refractivity contribution >= 4 is 12.1 Å². The van der Waals surface area contributed by atoms with Gasteiger partial charge in [0.1, 0.15) is 26.3 Å². The van der Waals surface area contributed by atoms with Crippen LogP contribution in [0.25, 0.3) is 0 Å². The van der Waals surface area contributed by atoms with Gasteiger partial charge < -0.3 is 33.2 Å². The molecule has 9 nitrogen and oxygen atoms in total. The largest absolute Gasteiger partial charge is 0.463 e. The van der Waals surface area contributed by atoms with Crippen molar-refractivity contribution in [1.29, 1.82) is 0 Å². The summed E-state index contributed by atoms with van der Waals surface area (Å²) in [4.78, 5) is 25.1. The topological polar surface area (TPSA) is 83.1 Å². The van der Waals surface area contributed by atoms with Crippen LogP contribution in [0.4, 0.5) is 4.79 Å². The molecule has 1 N–H and O–H groups in total. The molecule has 2 aliphatic carbocycles. The molecular weight excluding hydrogens is 859 g/mol. The third-order valence-electron chi connectivity index (χ3n) is 16.1. The van der Waals surface area contributed by atoms with Crippen LogP contribution in [0.15, 0.2) is 0 Å². The lowest BCUT2D eigenvalue weighted by molar-refractivity contribution is -0.891. The van der Waals surface area contributed by atoms with Gasteiger partial charge in [-0.15, -0.1) is 0 Å². The summed E-state index contributed by atoms with van der Waals surface area (Å²) in [5.74, 6) is 1.89. The summed E-state index contributed by atoms with van der Waals surface area (Å²) in [6.45, 7) is 12.0. The summed E-state index contributed by atoms with van der Waals surface area (Å²) in [5.41, 5.74) is 0. The molecule has 2 saturated carbocycles. The second kappa shape index (κ2) is 43.0. The number of carbonyl (C=O) groups is 2. The van der Waals surface area contributed by atoms with Gasteiger partial charge in [0.2, 0.25) is 0 Å². The Morgan fingerprint density at radius 2 is 0.725 bits per heavy atom. The lowest BCUT2D eigenvalue weighted by atomic mass is 9.74. The number of rotatable bonds is 47. The van der Waals surface area contributed by atoms with E-state index in [4.69, 9.17) is 18.9 Å². The number of nitrogens with one attached hydrogen (secondary N) is 1.